The lowest BCUT2D eigenvalue weighted by Gasteiger charge is -2.41. The molecule has 0 amide bonds. The third-order valence-corrected chi connectivity index (χ3v) is 10.4. The molecule has 58 heavy (non-hydrogen) atoms. The molecule has 1 rings (SSSR count). The number of ether oxygens (including phenoxy) is 2. The third kappa shape index (κ3) is 25.9. The number of hydrogen-bond donors (Lipinski definition) is 7. The van der Waals surface area contributed by atoms with Crippen molar-refractivity contribution in [1.29, 1.82) is 0 Å². The minimum atomic E-state index is -5.14. The molecule has 334 valence electrons. The zero-order valence-corrected chi connectivity index (χ0v) is 35.6. The van der Waals surface area contributed by atoms with Gasteiger partial charge in [-0.2, -0.15) is 0 Å². The summed E-state index contributed by atoms with van der Waals surface area (Å²) in [6.45, 7) is 2.96. The van der Waals surface area contributed by atoms with E-state index in [1.54, 1.807) is 6.08 Å². The van der Waals surface area contributed by atoms with Gasteiger partial charge in [-0.15, -0.1) is 0 Å². The average Bonchev–Trinajstić information content (AvgIpc) is 3.19. The van der Waals surface area contributed by atoms with Crippen molar-refractivity contribution in [1.82, 2.24) is 0 Å². The van der Waals surface area contributed by atoms with Gasteiger partial charge in [0, 0.05) is 12.8 Å². The molecule has 7 N–H and O–H groups in total. The molecule has 0 aliphatic heterocycles. The van der Waals surface area contributed by atoms with Crippen molar-refractivity contribution in [2.45, 2.75) is 185 Å². The molecule has 0 radical (unpaired) electrons. The Balaban J connectivity index is 2.55. The standard InChI is InChI=1S/C43H73O14P/c1-3-5-7-8-9-10-11-12-13-16-19-22-26-30-36(45)54-32-35(33-55-58(52,53)57-43-41(50)39(48)38(47)40(49)42(43)51)56-37(46)31-27-23-20-17-14-15-18-21-25-29-34(44)28-24-6-4-2/h6-8,10-11,18,21,24-25,29,34-35,38-44,47-51H,3-5,9,12-17,19-20,22-23,26-28,30-33H2,1-2H3,(H,52,53)/b8-7-,11-10-,21-18+,24-6+,29-25+/t34?,35-,38?,39-,40+,41-,42-,43?/m1/s1. The molecular formula is C43H73O14P. The van der Waals surface area contributed by atoms with Crippen LogP contribution in [0.5, 0.6) is 0 Å². The number of rotatable bonds is 33. The monoisotopic (exact) mass is 844 g/mol. The van der Waals surface area contributed by atoms with Gasteiger partial charge in [0.25, 0.3) is 0 Å². The first-order valence-electron chi connectivity index (χ1n) is 21.2. The van der Waals surface area contributed by atoms with E-state index in [4.69, 9.17) is 18.5 Å². The van der Waals surface area contributed by atoms with Crippen LogP contribution >= 0.6 is 7.82 Å². The number of phosphoric acid groups is 1. The summed E-state index contributed by atoms with van der Waals surface area (Å²) in [5, 5.41) is 59.9. The SMILES string of the molecule is CC/C=C/CC(O)/C=C/C=C/CCCCCCCC(=O)O[C@H](COC(=O)CCCCCCC/C=C\C/C=C\CCC)COP(=O)(O)OC1[C@H](O)[C@H](O)C(O)[C@H](O)[C@H]1O. The Bertz CT molecular complexity index is 1270. The van der Waals surface area contributed by atoms with Crippen LogP contribution in [0.25, 0.3) is 0 Å². The van der Waals surface area contributed by atoms with Gasteiger partial charge in [0.05, 0.1) is 12.7 Å². The molecule has 4 unspecified atom stereocenters. The van der Waals surface area contributed by atoms with E-state index in [0.717, 1.165) is 89.9 Å². The fraction of sp³-hybridized carbons (Fsp3) is 0.721. The van der Waals surface area contributed by atoms with Gasteiger partial charge in [-0.3, -0.25) is 18.6 Å². The molecule has 0 aromatic rings. The van der Waals surface area contributed by atoms with Crippen LogP contribution in [0.15, 0.2) is 60.8 Å². The molecule has 0 aromatic heterocycles. The van der Waals surface area contributed by atoms with Gasteiger partial charge in [-0.1, -0.05) is 120 Å². The van der Waals surface area contributed by atoms with Crippen LogP contribution in [-0.2, 0) is 32.7 Å². The Morgan fingerprint density at radius 3 is 1.81 bits per heavy atom. The maximum atomic E-state index is 12.8. The number of unbranched alkanes of at least 4 members (excludes halogenated alkanes) is 11. The zero-order valence-electron chi connectivity index (χ0n) is 34.7. The molecule has 1 aliphatic carbocycles. The number of carbonyl (C=O) groups is 2. The second-order valence-corrected chi connectivity index (χ2v) is 16.1. The zero-order chi connectivity index (χ0) is 43.0. The van der Waals surface area contributed by atoms with Gasteiger partial charge < -0.3 is 45.0 Å². The van der Waals surface area contributed by atoms with Crippen molar-refractivity contribution in [2.24, 2.45) is 0 Å². The van der Waals surface area contributed by atoms with Gasteiger partial charge >= 0.3 is 19.8 Å². The van der Waals surface area contributed by atoms with E-state index in [1.807, 2.05) is 37.3 Å². The second-order valence-electron chi connectivity index (χ2n) is 14.7. The van der Waals surface area contributed by atoms with E-state index < -0.39 is 81.8 Å². The van der Waals surface area contributed by atoms with Crippen LogP contribution in [-0.4, -0.2) is 110 Å². The summed E-state index contributed by atoms with van der Waals surface area (Å²) in [6.07, 6.45) is 21.8. The fourth-order valence-corrected chi connectivity index (χ4v) is 6.92. The molecule has 1 saturated carbocycles. The summed E-state index contributed by atoms with van der Waals surface area (Å²) in [6, 6.07) is 0. The molecule has 1 fully saturated rings. The summed E-state index contributed by atoms with van der Waals surface area (Å²) >= 11 is 0. The number of aliphatic hydroxyl groups excluding tert-OH is 6. The lowest BCUT2D eigenvalue weighted by Crippen LogP contribution is -2.64. The number of allylic oxidation sites excluding steroid dienone is 8. The fourth-order valence-electron chi connectivity index (χ4n) is 5.95. The van der Waals surface area contributed by atoms with Gasteiger partial charge in [0.2, 0.25) is 0 Å². The summed E-state index contributed by atoms with van der Waals surface area (Å²) in [4.78, 5) is 35.6. The highest BCUT2D eigenvalue weighted by atomic mass is 31.2. The van der Waals surface area contributed by atoms with E-state index in [0.29, 0.717) is 19.3 Å². The number of phosphoric ester groups is 1. The molecule has 0 aromatic carbocycles. The van der Waals surface area contributed by atoms with Crippen molar-refractivity contribution in [3.05, 3.63) is 60.8 Å². The van der Waals surface area contributed by atoms with E-state index in [1.165, 1.54) is 0 Å². The Labute approximate surface area is 345 Å². The molecule has 14 nitrogen and oxygen atoms in total. The number of esters is 2. The summed E-state index contributed by atoms with van der Waals surface area (Å²) < 4.78 is 33.4. The quantitative estimate of drug-likeness (QED) is 0.0126. The van der Waals surface area contributed by atoms with Crippen molar-refractivity contribution in [3.63, 3.8) is 0 Å². The Kier molecular flexibility index (Phi) is 30.7. The number of carbonyl (C=O) groups excluding carboxylic acids is 2. The van der Waals surface area contributed by atoms with E-state index >= 15 is 0 Å². The van der Waals surface area contributed by atoms with E-state index in [-0.39, 0.29) is 12.8 Å². The highest BCUT2D eigenvalue weighted by molar-refractivity contribution is 7.47. The summed E-state index contributed by atoms with van der Waals surface area (Å²) in [5.74, 6) is -1.18. The first-order valence-corrected chi connectivity index (χ1v) is 22.7. The molecule has 9 atom stereocenters. The Hall–Kier alpha value is -2.49. The Morgan fingerprint density at radius 1 is 0.638 bits per heavy atom. The molecule has 0 saturated heterocycles. The maximum Gasteiger partial charge on any atom is 0.472 e. The van der Waals surface area contributed by atoms with Gasteiger partial charge in [0.15, 0.2) is 6.10 Å². The molecule has 0 bridgehead atoms. The maximum absolute atomic E-state index is 12.8. The van der Waals surface area contributed by atoms with Crippen LogP contribution in [0.3, 0.4) is 0 Å². The van der Waals surface area contributed by atoms with Crippen molar-refractivity contribution >= 4 is 19.8 Å². The van der Waals surface area contributed by atoms with Crippen LogP contribution in [0.1, 0.15) is 136 Å². The molecule has 0 heterocycles. The largest absolute Gasteiger partial charge is 0.472 e. The minimum absolute atomic E-state index is 0.0442. The van der Waals surface area contributed by atoms with Crippen LogP contribution < -0.4 is 0 Å². The van der Waals surface area contributed by atoms with Crippen molar-refractivity contribution in [2.75, 3.05) is 13.2 Å². The molecular weight excluding hydrogens is 771 g/mol. The third-order valence-electron chi connectivity index (χ3n) is 9.40. The first kappa shape index (κ1) is 53.5. The van der Waals surface area contributed by atoms with Crippen LogP contribution in [0, 0.1) is 0 Å². The predicted octanol–water partition coefficient (Wildman–Crippen LogP) is 6.36. The number of aliphatic hydroxyl groups is 6. The van der Waals surface area contributed by atoms with Crippen molar-refractivity contribution < 1.29 is 68.2 Å². The van der Waals surface area contributed by atoms with Gasteiger partial charge in [0.1, 0.15) is 43.2 Å². The van der Waals surface area contributed by atoms with Crippen LogP contribution in [0.4, 0.5) is 0 Å². The van der Waals surface area contributed by atoms with Gasteiger partial charge in [-0.25, -0.2) is 4.57 Å². The smallest absolute Gasteiger partial charge is 0.462 e. The average molecular weight is 845 g/mol. The summed E-state index contributed by atoms with van der Waals surface area (Å²) in [7, 11) is -5.14. The van der Waals surface area contributed by atoms with E-state index in [9.17, 15) is 49.7 Å². The normalized spacial score (nSPS) is 23.7. The minimum Gasteiger partial charge on any atom is -0.462 e. The van der Waals surface area contributed by atoms with Crippen molar-refractivity contribution in [3.8, 4) is 0 Å². The second kappa shape index (κ2) is 33.3. The Morgan fingerprint density at radius 2 is 1.19 bits per heavy atom. The first-order chi connectivity index (χ1) is 27.8. The molecule has 0 spiro atoms. The highest BCUT2D eigenvalue weighted by Crippen LogP contribution is 2.47. The van der Waals surface area contributed by atoms with E-state index in [2.05, 4.69) is 31.2 Å². The lowest BCUT2D eigenvalue weighted by molar-refractivity contribution is -0.220. The highest BCUT2D eigenvalue weighted by Gasteiger charge is 2.51. The molecule has 15 heteroatoms. The lowest BCUT2D eigenvalue weighted by atomic mass is 9.85. The topological polar surface area (TPSA) is 230 Å². The van der Waals surface area contributed by atoms with Crippen LogP contribution in [0.2, 0.25) is 0 Å². The number of hydrogen-bond acceptors (Lipinski definition) is 13. The van der Waals surface area contributed by atoms with Gasteiger partial charge in [-0.05, 0) is 64.2 Å². The predicted molar refractivity (Wildman–Crippen MR) is 222 cm³/mol. The molecule has 1 aliphatic rings. The summed E-state index contributed by atoms with van der Waals surface area (Å²) in [5.41, 5.74) is 0.